The van der Waals surface area contributed by atoms with E-state index in [0.29, 0.717) is 5.52 Å². The molecule has 0 spiro atoms. The van der Waals surface area contributed by atoms with Gasteiger partial charge in [0.1, 0.15) is 14.3 Å². The third kappa shape index (κ3) is 5.01. The molecule has 0 atom stereocenters. The van der Waals surface area contributed by atoms with E-state index in [9.17, 15) is 22.8 Å². The molecule has 0 aliphatic heterocycles. The zero-order valence-corrected chi connectivity index (χ0v) is 21.3. The number of benzene rings is 1. The topological polar surface area (TPSA) is 141 Å². The van der Waals surface area contributed by atoms with Crippen LogP contribution in [0.1, 0.15) is 11.1 Å². The third-order valence-electron chi connectivity index (χ3n) is 4.93. The van der Waals surface area contributed by atoms with E-state index in [1.54, 1.807) is 18.2 Å². The number of thiophene rings is 1. The second-order valence-electron chi connectivity index (χ2n) is 7.49. The van der Waals surface area contributed by atoms with E-state index in [-0.39, 0.29) is 42.8 Å². The number of ketones is 1. The highest BCUT2D eigenvalue weighted by Gasteiger charge is 2.24. The monoisotopic (exact) mass is 554 g/mol. The van der Waals surface area contributed by atoms with Crippen molar-refractivity contribution in [2.75, 3.05) is 12.9 Å². The Hall–Kier alpha value is -3.06. The minimum absolute atomic E-state index is 0.0849. The number of sulfone groups is 1. The fourth-order valence-electron chi connectivity index (χ4n) is 3.33. The van der Waals surface area contributed by atoms with Gasteiger partial charge >= 0.3 is 5.69 Å². The van der Waals surface area contributed by atoms with Crippen LogP contribution in [-0.4, -0.2) is 46.6 Å². The quantitative estimate of drug-likeness (QED) is 0.367. The van der Waals surface area contributed by atoms with Crippen molar-refractivity contribution < 1.29 is 17.9 Å². The molecule has 1 aromatic carbocycles. The number of ether oxygens (including phenoxy) is 1. The minimum atomic E-state index is -3.96. The number of carbonyl (C=O) groups is 1. The van der Waals surface area contributed by atoms with Crippen molar-refractivity contribution in [3.05, 3.63) is 71.8 Å². The Morgan fingerprint density at radius 3 is 2.63 bits per heavy atom. The molecule has 4 rings (SSSR count). The van der Waals surface area contributed by atoms with Crippen molar-refractivity contribution in [2.24, 2.45) is 0 Å². The van der Waals surface area contributed by atoms with Gasteiger partial charge in [0.05, 0.1) is 23.0 Å². The van der Waals surface area contributed by atoms with E-state index < -0.39 is 32.6 Å². The van der Waals surface area contributed by atoms with Gasteiger partial charge in [-0.2, -0.15) is 9.55 Å². The molecule has 0 amide bonds. The predicted molar refractivity (Wildman–Crippen MR) is 132 cm³/mol. The highest BCUT2D eigenvalue weighted by Crippen LogP contribution is 2.34. The van der Waals surface area contributed by atoms with E-state index >= 15 is 0 Å². The standard InChI is InChI=1S/C21H16Cl2N4O6S2/c1-10-3-4-13-15(5-10)25-21(30)27(19(13)29)20-24-8-11(18(26-20)33-2)6-12(28)9-35(31,32)16-7-14(22)17(23)34-16/h3-5,7-8H,6,9H2,1-2H3,(H,25,30). The Morgan fingerprint density at radius 1 is 1.23 bits per heavy atom. The van der Waals surface area contributed by atoms with Gasteiger partial charge in [0.15, 0.2) is 15.6 Å². The van der Waals surface area contributed by atoms with Crippen molar-refractivity contribution in [3.63, 3.8) is 0 Å². The molecule has 182 valence electrons. The Bertz CT molecular complexity index is 1690. The number of H-pyrrole nitrogens is 1. The lowest BCUT2D eigenvalue weighted by Crippen LogP contribution is -2.35. The van der Waals surface area contributed by atoms with Crippen LogP contribution < -0.4 is 16.0 Å². The highest BCUT2D eigenvalue weighted by atomic mass is 35.5. The molecule has 4 aromatic rings. The average Bonchev–Trinajstić information content (AvgIpc) is 3.13. The maximum absolute atomic E-state index is 12.9. The van der Waals surface area contributed by atoms with E-state index in [2.05, 4.69) is 15.0 Å². The number of nitrogens with zero attached hydrogens (tertiary/aromatic N) is 3. The van der Waals surface area contributed by atoms with Gasteiger partial charge in [-0.3, -0.25) is 9.59 Å². The van der Waals surface area contributed by atoms with E-state index in [0.717, 1.165) is 21.5 Å². The first kappa shape index (κ1) is 25.0. The van der Waals surface area contributed by atoms with Crippen LogP contribution in [0, 0.1) is 6.92 Å². The predicted octanol–water partition coefficient (Wildman–Crippen LogP) is 2.74. The molecule has 0 saturated carbocycles. The van der Waals surface area contributed by atoms with Crippen molar-refractivity contribution in [1.29, 1.82) is 0 Å². The first-order valence-electron chi connectivity index (χ1n) is 9.85. The largest absolute Gasteiger partial charge is 0.481 e. The van der Waals surface area contributed by atoms with Gasteiger partial charge in [0, 0.05) is 18.2 Å². The molecule has 0 radical (unpaired) electrons. The molecule has 3 heterocycles. The van der Waals surface area contributed by atoms with Crippen molar-refractivity contribution in [1.82, 2.24) is 19.5 Å². The molecule has 3 aromatic heterocycles. The van der Waals surface area contributed by atoms with Gasteiger partial charge in [-0.15, -0.1) is 11.3 Å². The van der Waals surface area contributed by atoms with Gasteiger partial charge in [-0.05, 0) is 30.7 Å². The number of fused-ring (bicyclic) bond motifs is 1. The van der Waals surface area contributed by atoms with Crippen LogP contribution in [0.3, 0.4) is 0 Å². The Morgan fingerprint density at radius 2 is 1.97 bits per heavy atom. The normalized spacial score (nSPS) is 11.7. The van der Waals surface area contributed by atoms with Gasteiger partial charge < -0.3 is 9.72 Å². The molecule has 35 heavy (non-hydrogen) atoms. The summed E-state index contributed by atoms with van der Waals surface area (Å²) in [5.74, 6) is -1.80. The van der Waals surface area contributed by atoms with Gasteiger partial charge in [-0.25, -0.2) is 18.2 Å². The fourth-order valence-corrected chi connectivity index (χ4v) is 6.53. The highest BCUT2D eigenvalue weighted by molar-refractivity contribution is 7.94. The summed E-state index contributed by atoms with van der Waals surface area (Å²) in [4.78, 5) is 48.8. The second kappa shape index (κ2) is 9.53. The zero-order chi connectivity index (χ0) is 25.5. The maximum atomic E-state index is 12.9. The van der Waals surface area contributed by atoms with Gasteiger partial charge in [0.2, 0.25) is 11.8 Å². The number of aromatic amines is 1. The number of Topliss-reactive ketones (excluding diaryl/α,β-unsaturated/α-hetero) is 1. The average molecular weight is 555 g/mol. The molecule has 0 unspecified atom stereocenters. The van der Waals surface area contributed by atoms with Crippen LogP contribution in [0.5, 0.6) is 5.88 Å². The summed E-state index contributed by atoms with van der Waals surface area (Å²) >= 11 is 12.4. The van der Waals surface area contributed by atoms with Crippen LogP contribution in [0.15, 0.2) is 44.3 Å². The Labute approximate surface area is 212 Å². The first-order valence-corrected chi connectivity index (χ1v) is 13.1. The summed E-state index contributed by atoms with van der Waals surface area (Å²) < 4.78 is 31.0. The van der Waals surface area contributed by atoms with Crippen LogP contribution >= 0.6 is 34.5 Å². The van der Waals surface area contributed by atoms with Gasteiger partial charge in [0.25, 0.3) is 5.56 Å². The number of hydrogen-bond donors (Lipinski definition) is 1. The number of carbonyl (C=O) groups excluding carboxylic acids is 1. The SMILES string of the molecule is COc1nc(-n2c(=O)[nH]c3cc(C)ccc3c2=O)ncc1CC(=O)CS(=O)(=O)c1cc(Cl)c(Cl)s1. The van der Waals surface area contributed by atoms with E-state index in [1.165, 1.54) is 19.4 Å². The number of aromatic nitrogens is 4. The van der Waals surface area contributed by atoms with E-state index in [1.807, 2.05) is 6.92 Å². The summed E-state index contributed by atoms with van der Waals surface area (Å²) in [6.45, 7) is 1.83. The molecular weight excluding hydrogens is 539 g/mol. The number of aryl methyl sites for hydroxylation is 1. The number of halogens is 2. The molecule has 0 bridgehead atoms. The number of nitrogens with one attached hydrogen (secondary N) is 1. The van der Waals surface area contributed by atoms with Crippen LogP contribution in [-0.2, 0) is 21.1 Å². The van der Waals surface area contributed by atoms with Crippen molar-refractivity contribution in [2.45, 2.75) is 17.6 Å². The molecule has 0 saturated heterocycles. The molecular formula is C21H16Cl2N4O6S2. The first-order chi connectivity index (χ1) is 16.5. The zero-order valence-electron chi connectivity index (χ0n) is 18.2. The number of methoxy groups -OCH3 is 1. The number of hydrogen-bond acceptors (Lipinski definition) is 9. The number of rotatable bonds is 7. The lowest BCUT2D eigenvalue weighted by Gasteiger charge is -2.10. The van der Waals surface area contributed by atoms with E-state index in [4.69, 9.17) is 27.9 Å². The van der Waals surface area contributed by atoms with Crippen LogP contribution in [0.25, 0.3) is 16.9 Å². The summed E-state index contributed by atoms with van der Waals surface area (Å²) in [5.41, 5.74) is 0.0383. The molecule has 14 heteroatoms. The maximum Gasteiger partial charge on any atom is 0.335 e. The molecule has 0 aliphatic carbocycles. The summed E-state index contributed by atoms with van der Waals surface area (Å²) in [6.07, 6.45) is 0.841. The lowest BCUT2D eigenvalue weighted by atomic mass is 10.2. The molecule has 0 fully saturated rings. The lowest BCUT2D eigenvalue weighted by molar-refractivity contribution is -0.116. The molecule has 0 aliphatic rings. The van der Waals surface area contributed by atoms with Crippen LogP contribution in [0.4, 0.5) is 0 Å². The smallest absolute Gasteiger partial charge is 0.335 e. The van der Waals surface area contributed by atoms with Crippen LogP contribution in [0.2, 0.25) is 9.36 Å². The van der Waals surface area contributed by atoms with Crippen molar-refractivity contribution >= 4 is 61.1 Å². The van der Waals surface area contributed by atoms with Crippen molar-refractivity contribution in [3.8, 4) is 11.8 Å². The summed E-state index contributed by atoms with van der Waals surface area (Å²) in [6, 6.07) is 6.17. The summed E-state index contributed by atoms with van der Waals surface area (Å²) in [5, 5.41) is 0.346. The molecule has 10 nitrogen and oxygen atoms in total. The third-order valence-corrected chi connectivity index (χ3v) is 9.03. The minimum Gasteiger partial charge on any atom is -0.481 e. The van der Waals surface area contributed by atoms with Gasteiger partial charge in [-0.1, -0.05) is 29.3 Å². The summed E-state index contributed by atoms with van der Waals surface area (Å²) in [7, 11) is -2.68. The second-order valence-corrected chi connectivity index (χ2v) is 11.8. The molecule has 1 N–H and O–H groups in total. The Kier molecular flexibility index (Phi) is 6.82. The fraction of sp³-hybridized carbons (Fsp3) is 0.190. The Balaban J connectivity index is 1.64.